The van der Waals surface area contributed by atoms with Gasteiger partial charge in [0.15, 0.2) is 0 Å². The summed E-state index contributed by atoms with van der Waals surface area (Å²) < 4.78 is 0. The molecule has 2 nitrogen and oxygen atoms in total. The van der Waals surface area contributed by atoms with Crippen LogP contribution in [0.1, 0.15) is 18.5 Å². The van der Waals surface area contributed by atoms with E-state index in [1.165, 1.54) is 31.6 Å². The average molecular weight is 213 g/mol. The van der Waals surface area contributed by atoms with Crippen LogP contribution >= 0.6 is 12.4 Å². The van der Waals surface area contributed by atoms with Crippen molar-refractivity contribution in [3.05, 3.63) is 30.1 Å². The van der Waals surface area contributed by atoms with Gasteiger partial charge in [0.2, 0.25) is 0 Å². The van der Waals surface area contributed by atoms with Crippen molar-refractivity contribution < 1.29 is 0 Å². The van der Waals surface area contributed by atoms with Crippen molar-refractivity contribution in [1.82, 2.24) is 10.3 Å². The highest BCUT2D eigenvalue weighted by Gasteiger charge is 2.13. The first-order valence-corrected chi connectivity index (χ1v) is 5.06. The summed E-state index contributed by atoms with van der Waals surface area (Å²) in [6, 6.07) is 6.18. The van der Waals surface area contributed by atoms with E-state index in [1.54, 1.807) is 0 Å². The Hall–Kier alpha value is -0.600. The largest absolute Gasteiger partial charge is 0.317 e. The van der Waals surface area contributed by atoms with Crippen LogP contribution < -0.4 is 5.32 Å². The quantitative estimate of drug-likeness (QED) is 0.812. The fraction of sp³-hybridized carbons (Fsp3) is 0.545. The Morgan fingerprint density at radius 3 is 2.71 bits per heavy atom. The highest BCUT2D eigenvalue weighted by molar-refractivity contribution is 5.85. The van der Waals surface area contributed by atoms with E-state index in [0.29, 0.717) is 0 Å². The second-order valence-corrected chi connectivity index (χ2v) is 3.72. The molecule has 1 saturated heterocycles. The highest BCUT2D eigenvalue weighted by atomic mass is 35.5. The van der Waals surface area contributed by atoms with Crippen LogP contribution in [0.3, 0.4) is 0 Å². The zero-order valence-corrected chi connectivity index (χ0v) is 9.09. The summed E-state index contributed by atoms with van der Waals surface area (Å²) in [5.74, 6) is 0.844. The van der Waals surface area contributed by atoms with Gasteiger partial charge in [0, 0.05) is 11.9 Å². The summed E-state index contributed by atoms with van der Waals surface area (Å²) >= 11 is 0. The molecule has 2 rings (SSSR count). The smallest absolute Gasteiger partial charge is 0.0406 e. The van der Waals surface area contributed by atoms with Gasteiger partial charge in [-0.3, -0.25) is 4.98 Å². The first kappa shape index (κ1) is 11.5. The van der Waals surface area contributed by atoms with Gasteiger partial charge in [0.25, 0.3) is 0 Å². The standard InChI is InChI=1S/C11H16N2.ClH/c1-2-6-13-11(3-1)9-10-4-7-12-8-5-10;/h1-3,6,10,12H,4-5,7-9H2;1H. The van der Waals surface area contributed by atoms with Crippen molar-refractivity contribution in [2.45, 2.75) is 19.3 Å². The molecular weight excluding hydrogens is 196 g/mol. The van der Waals surface area contributed by atoms with E-state index in [1.807, 2.05) is 12.3 Å². The molecule has 0 bridgehead atoms. The van der Waals surface area contributed by atoms with Crippen LogP contribution in [-0.2, 0) is 6.42 Å². The number of halogens is 1. The molecule has 3 heteroatoms. The minimum Gasteiger partial charge on any atom is -0.317 e. The van der Waals surface area contributed by atoms with E-state index in [-0.39, 0.29) is 12.4 Å². The third-order valence-corrected chi connectivity index (χ3v) is 2.68. The molecule has 0 radical (unpaired) electrons. The number of piperidine rings is 1. The molecule has 1 aromatic rings. The fourth-order valence-corrected chi connectivity index (χ4v) is 1.90. The molecule has 78 valence electrons. The number of pyridine rings is 1. The lowest BCUT2D eigenvalue weighted by Crippen LogP contribution is -2.28. The summed E-state index contributed by atoms with van der Waals surface area (Å²) in [7, 11) is 0. The zero-order valence-electron chi connectivity index (χ0n) is 8.28. The number of hydrogen-bond donors (Lipinski definition) is 1. The van der Waals surface area contributed by atoms with Crippen LogP contribution in [0, 0.1) is 5.92 Å². The van der Waals surface area contributed by atoms with Crippen molar-refractivity contribution in [2.75, 3.05) is 13.1 Å². The maximum absolute atomic E-state index is 4.35. The summed E-state index contributed by atoms with van der Waals surface area (Å²) in [5, 5.41) is 3.38. The Bertz CT molecular complexity index is 245. The zero-order chi connectivity index (χ0) is 8.93. The van der Waals surface area contributed by atoms with Gasteiger partial charge in [0.1, 0.15) is 0 Å². The van der Waals surface area contributed by atoms with E-state index in [0.717, 1.165) is 12.3 Å². The molecular formula is C11H17ClN2. The van der Waals surface area contributed by atoms with Gasteiger partial charge in [0.05, 0.1) is 0 Å². The van der Waals surface area contributed by atoms with Crippen LogP contribution in [0.5, 0.6) is 0 Å². The average Bonchev–Trinajstić information content (AvgIpc) is 2.21. The lowest BCUT2D eigenvalue weighted by atomic mass is 9.93. The second kappa shape index (κ2) is 5.99. The van der Waals surface area contributed by atoms with Crippen LogP contribution in [0.2, 0.25) is 0 Å². The molecule has 1 aliphatic heterocycles. The number of aromatic nitrogens is 1. The van der Waals surface area contributed by atoms with Gasteiger partial charge >= 0.3 is 0 Å². The number of nitrogens with one attached hydrogen (secondary N) is 1. The van der Waals surface area contributed by atoms with Gasteiger partial charge in [-0.15, -0.1) is 12.4 Å². The molecule has 14 heavy (non-hydrogen) atoms. The van der Waals surface area contributed by atoms with E-state index in [9.17, 15) is 0 Å². The molecule has 1 fully saturated rings. The molecule has 1 N–H and O–H groups in total. The lowest BCUT2D eigenvalue weighted by molar-refractivity contribution is 0.370. The van der Waals surface area contributed by atoms with Crippen molar-refractivity contribution in [3.63, 3.8) is 0 Å². The molecule has 0 spiro atoms. The second-order valence-electron chi connectivity index (χ2n) is 3.72. The van der Waals surface area contributed by atoms with Gasteiger partial charge in [-0.2, -0.15) is 0 Å². The summed E-state index contributed by atoms with van der Waals surface area (Å²) in [6.07, 6.45) is 5.64. The molecule has 0 aromatic carbocycles. The van der Waals surface area contributed by atoms with Gasteiger partial charge in [-0.1, -0.05) is 6.07 Å². The topological polar surface area (TPSA) is 24.9 Å². The highest BCUT2D eigenvalue weighted by Crippen LogP contribution is 2.16. The monoisotopic (exact) mass is 212 g/mol. The normalized spacial score (nSPS) is 17.4. The Kier molecular flexibility index (Phi) is 4.91. The maximum atomic E-state index is 4.35. The van der Waals surface area contributed by atoms with Crippen LogP contribution in [0.15, 0.2) is 24.4 Å². The van der Waals surface area contributed by atoms with E-state index in [4.69, 9.17) is 0 Å². The minimum atomic E-state index is 0. The lowest BCUT2D eigenvalue weighted by Gasteiger charge is -2.21. The van der Waals surface area contributed by atoms with Gasteiger partial charge in [-0.25, -0.2) is 0 Å². The van der Waals surface area contributed by atoms with E-state index in [2.05, 4.69) is 22.4 Å². The van der Waals surface area contributed by atoms with Gasteiger partial charge < -0.3 is 5.32 Å². The fourth-order valence-electron chi connectivity index (χ4n) is 1.90. The SMILES string of the molecule is Cl.c1ccc(CC2CCNCC2)nc1. The molecule has 1 aliphatic rings. The molecule has 0 aliphatic carbocycles. The summed E-state index contributed by atoms with van der Waals surface area (Å²) in [4.78, 5) is 4.35. The predicted octanol–water partition coefficient (Wildman–Crippen LogP) is 2.05. The van der Waals surface area contributed by atoms with Crippen molar-refractivity contribution in [2.24, 2.45) is 5.92 Å². The first-order chi connectivity index (χ1) is 6.45. The third-order valence-electron chi connectivity index (χ3n) is 2.68. The molecule has 0 atom stereocenters. The summed E-state index contributed by atoms with van der Waals surface area (Å²) in [6.45, 7) is 2.36. The molecule has 0 amide bonds. The molecule has 1 aromatic heterocycles. The van der Waals surface area contributed by atoms with Crippen LogP contribution in [-0.4, -0.2) is 18.1 Å². The summed E-state index contributed by atoms with van der Waals surface area (Å²) in [5.41, 5.74) is 1.24. The maximum Gasteiger partial charge on any atom is 0.0406 e. The van der Waals surface area contributed by atoms with E-state index < -0.39 is 0 Å². The van der Waals surface area contributed by atoms with Crippen molar-refractivity contribution in [1.29, 1.82) is 0 Å². The number of hydrogen-bond acceptors (Lipinski definition) is 2. The number of nitrogens with zero attached hydrogens (tertiary/aromatic N) is 1. The number of rotatable bonds is 2. The molecule has 2 heterocycles. The first-order valence-electron chi connectivity index (χ1n) is 5.06. The predicted molar refractivity (Wildman–Crippen MR) is 60.8 cm³/mol. The Morgan fingerprint density at radius 2 is 2.07 bits per heavy atom. The minimum absolute atomic E-state index is 0. The molecule has 0 unspecified atom stereocenters. The van der Waals surface area contributed by atoms with Crippen LogP contribution in [0.4, 0.5) is 0 Å². The Labute approximate surface area is 91.5 Å². The Morgan fingerprint density at radius 1 is 1.29 bits per heavy atom. The van der Waals surface area contributed by atoms with Crippen LogP contribution in [0.25, 0.3) is 0 Å². The van der Waals surface area contributed by atoms with Gasteiger partial charge in [-0.05, 0) is 50.4 Å². The Balaban J connectivity index is 0.000000980. The van der Waals surface area contributed by atoms with Crippen molar-refractivity contribution >= 4 is 12.4 Å². The van der Waals surface area contributed by atoms with E-state index >= 15 is 0 Å². The molecule has 0 saturated carbocycles. The van der Waals surface area contributed by atoms with Crippen molar-refractivity contribution in [3.8, 4) is 0 Å². The third kappa shape index (κ3) is 3.28.